The number of allylic oxidation sites excluding steroid dienone is 1. The van der Waals surface area contributed by atoms with Gasteiger partial charge < -0.3 is 16.0 Å². The summed E-state index contributed by atoms with van der Waals surface area (Å²) in [6.45, 7) is 4.70. The molecule has 0 bridgehead atoms. The van der Waals surface area contributed by atoms with E-state index in [9.17, 15) is 0 Å². The van der Waals surface area contributed by atoms with E-state index in [0.29, 0.717) is 5.41 Å². The minimum Gasteiger partial charge on any atom is -0.399 e. The van der Waals surface area contributed by atoms with Crippen LogP contribution in [0.1, 0.15) is 41.5 Å². The normalized spacial score (nSPS) is 19.6. The van der Waals surface area contributed by atoms with Crippen molar-refractivity contribution in [2.75, 3.05) is 36.8 Å². The second-order valence-corrected chi connectivity index (χ2v) is 9.81. The van der Waals surface area contributed by atoms with E-state index in [1.54, 1.807) is 0 Å². The largest absolute Gasteiger partial charge is 0.399 e. The minimum absolute atomic E-state index is 0.516. The van der Waals surface area contributed by atoms with E-state index in [4.69, 9.17) is 5.73 Å². The smallest absolute Gasteiger partial charge is 0.0366 e. The van der Waals surface area contributed by atoms with Gasteiger partial charge in [-0.1, -0.05) is 48.5 Å². The summed E-state index contributed by atoms with van der Waals surface area (Å²) >= 11 is 0. The third-order valence-electron chi connectivity index (χ3n) is 7.66. The molecule has 0 aromatic heterocycles. The van der Waals surface area contributed by atoms with Crippen LogP contribution in [0.4, 0.5) is 11.4 Å². The van der Waals surface area contributed by atoms with Crippen LogP contribution >= 0.6 is 0 Å². The minimum atomic E-state index is 0.516. The van der Waals surface area contributed by atoms with Gasteiger partial charge in [-0.25, -0.2) is 0 Å². The van der Waals surface area contributed by atoms with Crippen LogP contribution in [0.2, 0.25) is 0 Å². The van der Waals surface area contributed by atoms with Gasteiger partial charge in [0.05, 0.1) is 0 Å². The molecule has 3 N–H and O–H groups in total. The maximum absolute atomic E-state index is 6.16. The van der Waals surface area contributed by atoms with Crippen molar-refractivity contribution in [1.82, 2.24) is 5.32 Å². The molecule has 0 saturated carbocycles. The highest BCUT2D eigenvalue weighted by molar-refractivity contribution is 6.00. The van der Waals surface area contributed by atoms with E-state index in [0.717, 1.165) is 24.9 Å². The first kappa shape index (κ1) is 19.6. The molecule has 2 saturated heterocycles. The molecule has 1 aliphatic carbocycles. The summed E-state index contributed by atoms with van der Waals surface area (Å²) in [5.41, 5.74) is 17.0. The molecule has 6 rings (SSSR count). The van der Waals surface area contributed by atoms with E-state index in [1.165, 1.54) is 71.7 Å². The topological polar surface area (TPSA) is 41.3 Å². The maximum atomic E-state index is 6.16. The Morgan fingerprint density at radius 2 is 1.66 bits per heavy atom. The van der Waals surface area contributed by atoms with Crippen LogP contribution in [-0.2, 0) is 6.42 Å². The number of aryl methyl sites for hydroxylation is 1. The first-order valence-corrected chi connectivity index (χ1v) is 11.9. The Labute approximate surface area is 191 Å². The third-order valence-corrected chi connectivity index (χ3v) is 7.66. The number of fused-ring (bicyclic) bond motifs is 1. The predicted octanol–water partition coefficient (Wildman–Crippen LogP) is 5.36. The number of nitrogen functional groups attached to an aromatic ring is 1. The van der Waals surface area contributed by atoms with E-state index in [-0.39, 0.29) is 0 Å². The molecule has 3 nitrogen and oxygen atoms in total. The molecule has 0 atom stereocenters. The Hall–Kier alpha value is -3.04. The molecule has 2 aliphatic heterocycles. The zero-order chi connectivity index (χ0) is 21.5. The summed E-state index contributed by atoms with van der Waals surface area (Å²) in [6.07, 6.45) is 4.60. The number of nitrogens with zero attached hydrogens (tertiary/aromatic N) is 1. The van der Waals surface area contributed by atoms with Gasteiger partial charge in [-0.05, 0) is 83.3 Å². The number of benzene rings is 3. The quantitative estimate of drug-likeness (QED) is 0.559. The highest BCUT2D eigenvalue weighted by Gasteiger charge is 2.42. The molecular formula is C29H31N3. The molecule has 3 aromatic carbocycles. The molecule has 162 valence electrons. The van der Waals surface area contributed by atoms with Gasteiger partial charge in [-0.2, -0.15) is 0 Å². The second kappa shape index (κ2) is 7.83. The van der Waals surface area contributed by atoms with Gasteiger partial charge in [0.25, 0.3) is 0 Å². The molecule has 32 heavy (non-hydrogen) atoms. The lowest BCUT2D eigenvalue weighted by Gasteiger charge is -2.39. The number of nitrogens with two attached hydrogens (primary N) is 1. The molecule has 0 radical (unpaired) electrons. The molecule has 3 aliphatic rings. The lowest BCUT2D eigenvalue weighted by Crippen LogP contribution is -2.54. The molecule has 2 heterocycles. The molecular weight excluding hydrogens is 390 g/mol. The van der Waals surface area contributed by atoms with Crippen molar-refractivity contribution in [3.05, 3.63) is 95.1 Å². The van der Waals surface area contributed by atoms with E-state index in [2.05, 4.69) is 83.0 Å². The lowest BCUT2D eigenvalue weighted by molar-refractivity contribution is 0.200. The Balaban J connectivity index is 1.42. The fraction of sp³-hybridized carbons (Fsp3) is 0.310. The summed E-state index contributed by atoms with van der Waals surface area (Å²) in [4.78, 5) is 2.57. The van der Waals surface area contributed by atoms with Crippen molar-refractivity contribution in [1.29, 1.82) is 0 Å². The Morgan fingerprint density at radius 1 is 0.844 bits per heavy atom. The van der Waals surface area contributed by atoms with E-state index in [1.807, 2.05) is 0 Å². The molecule has 3 heteroatoms. The average Bonchev–Trinajstić information content (AvgIpc) is 3.19. The van der Waals surface area contributed by atoms with Crippen molar-refractivity contribution in [3.8, 4) is 0 Å². The molecule has 2 fully saturated rings. The van der Waals surface area contributed by atoms with Gasteiger partial charge in [0.2, 0.25) is 0 Å². The van der Waals surface area contributed by atoms with Gasteiger partial charge in [0, 0.05) is 43.0 Å². The summed E-state index contributed by atoms with van der Waals surface area (Å²) in [7, 11) is 0. The van der Waals surface area contributed by atoms with Crippen LogP contribution in [0.15, 0.2) is 72.8 Å². The highest BCUT2D eigenvalue weighted by atomic mass is 15.2. The van der Waals surface area contributed by atoms with Gasteiger partial charge in [0.1, 0.15) is 0 Å². The number of nitrogens with one attached hydrogen (secondary N) is 1. The highest BCUT2D eigenvalue weighted by Crippen LogP contribution is 2.41. The second-order valence-electron chi connectivity index (χ2n) is 9.81. The Kier molecular flexibility index (Phi) is 4.80. The Bertz CT molecular complexity index is 1160. The fourth-order valence-corrected chi connectivity index (χ4v) is 5.83. The number of hydrogen-bond donors (Lipinski definition) is 2. The SMILES string of the molecule is Nc1ccc2c(c1)CCCC(c1ccccc1)=C2c1ccc(N2CCC3(CNC3)C2)cc1. The van der Waals surface area contributed by atoms with Crippen molar-refractivity contribution in [2.24, 2.45) is 5.41 Å². The summed E-state index contributed by atoms with van der Waals surface area (Å²) in [6, 6.07) is 26.7. The maximum Gasteiger partial charge on any atom is 0.0366 e. The van der Waals surface area contributed by atoms with Gasteiger partial charge >= 0.3 is 0 Å². The van der Waals surface area contributed by atoms with Crippen LogP contribution in [0.3, 0.4) is 0 Å². The Morgan fingerprint density at radius 3 is 2.38 bits per heavy atom. The molecule has 1 spiro atoms. The van der Waals surface area contributed by atoms with Crippen LogP contribution in [0.25, 0.3) is 11.1 Å². The van der Waals surface area contributed by atoms with Crippen molar-refractivity contribution in [3.63, 3.8) is 0 Å². The van der Waals surface area contributed by atoms with Crippen LogP contribution in [-0.4, -0.2) is 26.2 Å². The summed E-state index contributed by atoms with van der Waals surface area (Å²) in [5.74, 6) is 0. The first-order valence-electron chi connectivity index (χ1n) is 11.9. The summed E-state index contributed by atoms with van der Waals surface area (Å²) in [5, 5.41) is 3.47. The van der Waals surface area contributed by atoms with Gasteiger partial charge in [-0.3, -0.25) is 0 Å². The van der Waals surface area contributed by atoms with Crippen molar-refractivity contribution in [2.45, 2.75) is 25.7 Å². The number of hydrogen-bond acceptors (Lipinski definition) is 3. The van der Waals surface area contributed by atoms with Gasteiger partial charge in [0.15, 0.2) is 0 Å². The van der Waals surface area contributed by atoms with Crippen LogP contribution < -0.4 is 16.0 Å². The first-order chi connectivity index (χ1) is 15.7. The van der Waals surface area contributed by atoms with Crippen LogP contribution in [0.5, 0.6) is 0 Å². The van der Waals surface area contributed by atoms with Gasteiger partial charge in [-0.15, -0.1) is 0 Å². The fourth-order valence-electron chi connectivity index (χ4n) is 5.83. The lowest BCUT2D eigenvalue weighted by atomic mass is 9.81. The number of anilines is 2. The average molecular weight is 422 g/mol. The monoisotopic (exact) mass is 421 g/mol. The summed E-state index contributed by atoms with van der Waals surface area (Å²) < 4.78 is 0. The zero-order valence-corrected chi connectivity index (χ0v) is 18.6. The van der Waals surface area contributed by atoms with Crippen molar-refractivity contribution < 1.29 is 0 Å². The predicted molar refractivity (Wildman–Crippen MR) is 135 cm³/mol. The third kappa shape index (κ3) is 3.41. The van der Waals surface area contributed by atoms with E-state index < -0.39 is 0 Å². The molecule has 0 unspecified atom stereocenters. The molecule has 0 amide bonds. The van der Waals surface area contributed by atoms with E-state index >= 15 is 0 Å². The van der Waals surface area contributed by atoms with Crippen LogP contribution in [0, 0.1) is 5.41 Å². The number of rotatable bonds is 3. The molecule has 3 aromatic rings. The van der Waals surface area contributed by atoms with Crippen molar-refractivity contribution >= 4 is 22.5 Å². The zero-order valence-electron chi connectivity index (χ0n) is 18.6. The standard InChI is InChI=1S/C29H31N3/c30-24-11-14-27-23(17-24)7-4-8-26(21-5-2-1-3-6-21)28(27)22-9-12-25(13-10-22)32-16-15-29(20-32)18-31-19-29/h1-3,5-6,9-14,17,31H,4,7-8,15-16,18-20,30H2.